The molecule has 1 aliphatic rings. The SMILES string of the molecule is COC(=O)NCCCn1cc(C(C)NC2CC2)nc1C(C)(C)C. The molecule has 0 bridgehead atoms. The van der Waals surface area contributed by atoms with Crippen LogP contribution >= 0.6 is 0 Å². The maximum Gasteiger partial charge on any atom is 0.406 e. The van der Waals surface area contributed by atoms with Gasteiger partial charge in [0.25, 0.3) is 0 Å². The molecule has 6 heteroatoms. The molecule has 0 aromatic carbocycles. The second-order valence-electron chi connectivity index (χ2n) is 7.37. The van der Waals surface area contributed by atoms with Gasteiger partial charge in [-0.25, -0.2) is 9.78 Å². The van der Waals surface area contributed by atoms with Gasteiger partial charge in [-0.1, -0.05) is 20.8 Å². The third kappa shape index (κ3) is 5.23. The quantitative estimate of drug-likeness (QED) is 0.758. The number of ether oxygens (including phenoxy) is 1. The van der Waals surface area contributed by atoms with Crippen LogP contribution in [0.4, 0.5) is 4.79 Å². The summed E-state index contributed by atoms with van der Waals surface area (Å²) in [6.07, 6.45) is 5.17. The standard InChI is InChI=1S/C17H30N4O2/c1-12(19-13-7-8-13)14-11-21(15(20-14)17(2,3)4)10-6-9-18-16(22)23-5/h11-13,19H,6-10H2,1-5H3,(H,18,22). The molecular formula is C17H30N4O2. The van der Waals surface area contributed by atoms with E-state index in [1.807, 2.05) is 0 Å². The molecule has 1 amide bonds. The summed E-state index contributed by atoms with van der Waals surface area (Å²) in [4.78, 5) is 16.0. The molecule has 0 aliphatic heterocycles. The summed E-state index contributed by atoms with van der Waals surface area (Å²) in [5.74, 6) is 1.09. The first kappa shape index (κ1) is 17.8. The Balaban J connectivity index is 2.00. The van der Waals surface area contributed by atoms with Gasteiger partial charge < -0.3 is 19.9 Å². The van der Waals surface area contributed by atoms with Gasteiger partial charge in [-0.3, -0.25) is 0 Å². The molecular weight excluding hydrogens is 292 g/mol. The first-order chi connectivity index (χ1) is 10.8. The van der Waals surface area contributed by atoms with Crippen LogP contribution in [0.1, 0.15) is 64.5 Å². The van der Waals surface area contributed by atoms with Crippen molar-refractivity contribution in [3.05, 3.63) is 17.7 Å². The Morgan fingerprint density at radius 3 is 2.74 bits per heavy atom. The highest BCUT2D eigenvalue weighted by Gasteiger charge is 2.27. The van der Waals surface area contributed by atoms with E-state index < -0.39 is 0 Å². The number of carbonyl (C=O) groups is 1. The summed E-state index contributed by atoms with van der Waals surface area (Å²) in [5.41, 5.74) is 1.09. The number of carbonyl (C=O) groups excluding carboxylic acids is 1. The molecule has 130 valence electrons. The number of nitrogens with one attached hydrogen (secondary N) is 2. The molecule has 1 aliphatic carbocycles. The average molecular weight is 322 g/mol. The molecule has 0 radical (unpaired) electrons. The van der Waals surface area contributed by atoms with Crippen molar-refractivity contribution in [1.82, 2.24) is 20.2 Å². The van der Waals surface area contributed by atoms with Gasteiger partial charge in [0.1, 0.15) is 5.82 Å². The van der Waals surface area contributed by atoms with E-state index in [1.54, 1.807) is 0 Å². The maximum atomic E-state index is 11.1. The zero-order chi connectivity index (χ0) is 17.0. The van der Waals surface area contributed by atoms with Crippen molar-refractivity contribution in [3.63, 3.8) is 0 Å². The fraction of sp³-hybridized carbons (Fsp3) is 0.765. The van der Waals surface area contributed by atoms with Crippen molar-refractivity contribution >= 4 is 6.09 Å². The Morgan fingerprint density at radius 1 is 1.48 bits per heavy atom. The fourth-order valence-electron chi connectivity index (χ4n) is 2.61. The summed E-state index contributed by atoms with van der Waals surface area (Å²) in [7, 11) is 1.38. The highest BCUT2D eigenvalue weighted by atomic mass is 16.5. The van der Waals surface area contributed by atoms with Crippen LogP contribution in [0.3, 0.4) is 0 Å². The van der Waals surface area contributed by atoms with Crippen molar-refractivity contribution in [2.45, 2.75) is 71.0 Å². The molecule has 0 saturated heterocycles. The molecule has 1 atom stereocenters. The molecule has 1 saturated carbocycles. The molecule has 23 heavy (non-hydrogen) atoms. The summed E-state index contributed by atoms with van der Waals surface area (Å²) >= 11 is 0. The minimum Gasteiger partial charge on any atom is -0.453 e. The molecule has 2 rings (SSSR count). The van der Waals surface area contributed by atoms with Crippen LogP contribution in [0.5, 0.6) is 0 Å². The number of amides is 1. The van der Waals surface area contributed by atoms with Gasteiger partial charge in [-0.15, -0.1) is 0 Å². The second kappa shape index (κ2) is 7.34. The Bertz CT molecular complexity index is 529. The van der Waals surface area contributed by atoms with Gasteiger partial charge in [0, 0.05) is 36.8 Å². The van der Waals surface area contributed by atoms with Crippen LogP contribution in [-0.4, -0.2) is 35.3 Å². The summed E-state index contributed by atoms with van der Waals surface area (Å²) < 4.78 is 6.80. The number of hydrogen-bond donors (Lipinski definition) is 2. The topological polar surface area (TPSA) is 68.2 Å². The Labute approximate surface area is 139 Å². The molecule has 1 aromatic heterocycles. The number of alkyl carbamates (subject to hydrolysis) is 1. The molecule has 2 N–H and O–H groups in total. The van der Waals surface area contributed by atoms with Crippen molar-refractivity contribution < 1.29 is 9.53 Å². The van der Waals surface area contributed by atoms with E-state index in [0.29, 0.717) is 12.6 Å². The first-order valence-corrected chi connectivity index (χ1v) is 8.46. The molecule has 0 spiro atoms. The second-order valence-corrected chi connectivity index (χ2v) is 7.37. The van der Waals surface area contributed by atoms with Crippen LogP contribution < -0.4 is 10.6 Å². The number of aromatic nitrogens is 2. The monoisotopic (exact) mass is 322 g/mol. The van der Waals surface area contributed by atoms with Crippen LogP contribution in [0.25, 0.3) is 0 Å². The number of imidazole rings is 1. The van der Waals surface area contributed by atoms with Gasteiger partial charge in [0.15, 0.2) is 0 Å². The minimum absolute atomic E-state index is 0.00662. The lowest BCUT2D eigenvalue weighted by atomic mass is 9.95. The van der Waals surface area contributed by atoms with Crippen LogP contribution in [0.2, 0.25) is 0 Å². The third-order valence-corrected chi connectivity index (χ3v) is 4.00. The van der Waals surface area contributed by atoms with Crippen LogP contribution in [0, 0.1) is 0 Å². The average Bonchev–Trinajstić information content (AvgIpc) is 3.17. The highest BCUT2D eigenvalue weighted by Crippen LogP contribution is 2.27. The zero-order valence-electron chi connectivity index (χ0n) is 15.0. The maximum absolute atomic E-state index is 11.1. The van der Waals surface area contributed by atoms with Crippen molar-refractivity contribution in [2.24, 2.45) is 0 Å². The molecule has 1 heterocycles. The largest absolute Gasteiger partial charge is 0.453 e. The van der Waals surface area contributed by atoms with E-state index in [9.17, 15) is 4.79 Å². The van der Waals surface area contributed by atoms with Gasteiger partial charge in [0.05, 0.1) is 12.8 Å². The Morgan fingerprint density at radius 2 is 2.17 bits per heavy atom. The number of nitrogens with zero attached hydrogens (tertiary/aromatic N) is 2. The zero-order valence-corrected chi connectivity index (χ0v) is 15.0. The van der Waals surface area contributed by atoms with Crippen LogP contribution in [-0.2, 0) is 16.7 Å². The molecule has 6 nitrogen and oxygen atoms in total. The van der Waals surface area contributed by atoms with Crippen molar-refractivity contribution in [1.29, 1.82) is 0 Å². The smallest absolute Gasteiger partial charge is 0.406 e. The van der Waals surface area contributed by atoms with Crippen molar-refractivity contribution in [3.8, 4) is 0 Å². The van der Waals surface area contributed by atoms with E-state index in [0.717, 1.165) is 24.5 Å². The van der Waals surface area contributed by atoms with E-state index in [-0.39, 0.29) is 17.6 Å². The van der Waals surface area contributed by atoms with Gasteiger partial charge >= 0.3 is 6.09 Å². The Hall–Kier alpha value is -1.56. The predicted molar refractivity (Wildman–Crippen MR) is 90.5 cm³/mol. The molecule has 1 aromatic rings. The molecule has 1 fully saturated rings. The minimum atomic E-state index is -0.380. The van der Waals surface area contributed by atoms with Crippen LogP contribution in [0.15, 0.2) is 6.20 Å². The summed E-state index contributed by atoms with van der Waals surface area (Å²) in [6.45, 7) is 10.2. The number of aryl methyl sites for hydroxylation is 1. The lowest BCUT2D eigenvalue weighted by Crippen LogP contribution is -2.25. The normalized spacial score (nSPS) is 16.2. The summed E-state index contributed by atoms with van der Waals surface area (Å²) in [5, 5.41) is 6.32. The Kier molecular flexibility index (Phi) is 5.68. The number of hydrogen-bond acceptors (Lipinski definition) is 4. The number of rotatable bonds is 7. The van der Waals surface area contributed by atoms with E-state index in [1.165, 1.54) is 20.0 Å². The fourth-order valence-corrected chi connectivity index (χ4v) is 2.61. The number of methoxy groups -OCH3 is 1. The van der Waals surface area contributed by atoms with E-state index in [4.69, 9.17) is 4.98 Å². The summed E-state index contributed by atoms with van der Waals surface area (Å²) in [6, 6.07) is 0.940. The van der Waals surface area contributed by atoms with Gasteiger partial charge in [0.2, 0.25) is 0 Å². The lowest BCUT2D eigenvalue weighted by Gasteiger charge is -2.19. The highest BCUT2D eigenvalue weighted by molar-refractivity contribution is 5.66. The van der Waals surface area contributed by atoms with E-state index in [2.05, 4.69) is 53.8 Å². The van der Waals surface area contributed by atoms with Gasteiger partial charge in [-0.05, 0) is 26.2 Å². The van der Waals surface area contributed by atoms with Crippen molar-refractivity contribution in [2.75, 3.05) is 13.7 Å². The predicted octanol–water partition coefficient (Wildman–Crippen LogP) is 2.74. The van der Waals surface area contributed by atoms with Gasteiger partial charge in [-0.2, -0.15) is 0 Å². The van der Waals surface area contributed by atoms with E-state index >= 15 is 0 Å². The third-order valence-electron chi connectivity index (χ3n) is 4.00. The first-order valence-electron chi connectivity index (χ1n) is 8.46. The lowest BCUT2D eigenvalue weighted by molar-refractivity contribution is 0.170. The molecule has 1 unspecified atom stereocenters.